The number of amides is 2. The quantitative estimate of drug-likeness (QED) is 0.539. The number of nitrogen functional groups attached to an aromatic ring is 1. The molecule has 1 saturated carbocycles. The predicted octanol–water partition coefficient (Wildman–Crippen LogP) is 1.68. The number of nitrogens with two attached hydrogens (primary N) is 1. The van der Waals surface area contributed by atoms with Gasteiger partial charge in [-0.05, 0) is 55.9 Å². The Morgan fingerprint density at radius 2 is 1.82 bits per heavy atom. The summed E-state index contributed by atoms with van der Waals surface area (Å²) in [6.45, 7) is 4.16. The average Bonchev–Trinajstić information content (AvgIpc) is 3.51. The molecule has 4 unspecified atom stereocenters. The molecule has 4 N–H and O–H groups in total. The summed E-state index contributed by atoms with van der Waals surface area (Å²) in [5, 5.41) is 6.06. The maximum absolute atomic E-state index is 13.9. The van der Waals surface area contributed by atoms with Gasteiger partial charge in [-0.3, -0.25) is 19.2 Å². The van der Waals surface area contributed by atoms with Gasteiger partial charge in [0.1, 0.15) is 12.1 Å². The van der Waals surface area contributed by atoms with E-state index in [2.05, 4.69) is 10.6 Å². The molecule has 3 aliphatic rings. The van der Waals surface area contributed by atoms with Gasteiger partial charge in [0.2, 0.25) is 5.91 Å². The fraction of sp³-hybridized carbons (Fsp3) is 0.600. The van der Waals surface area contributed by atoms with E-state index in [0.29, 0.717) is 24.1 Å². The minimum absolute atomic E-state index is 0.0489. The molecule has 0 aromatic heterocycles. The van der Waals surface area contributed by atoms with E-state index in [9.17, 15) is 19.2 Å². The van der Waals surface area contributed by atoms with Crippen molar-refractivity contribution in [2.75, 3.05) is 12.3 Å². The van der Waals surface area contributed by atoms with Crippen molar-refractivity contribution in [1.82, 2.24) is 15.5 Å². The first-order valence-electron chi connectivity index (χ1n) is 12.0. The Bertz CT molecular complexity index is 923. The lowest BCUT2D eigenvalue weighted by Crippen LogP contribution is -2.56. The van der Waals surface area contributed by atoms with Gasteiger partial charge in [-0.15, -0.1) is 0 Å². The molecular weight excluding hydrogens is 420 g/mol. The highest BCUT2D eigenvalue weighted by Crippen LogP contribution is 2.35. The van der Waals surface area contributed by atoms with Crippen LogP contribution in [0.5, 0.6) is 0 Å². The van der Waals surface area contributed by atoms with Crippen molar-refractivity contribution in [2.24, 2.45) is 11.8 Å². The summed E-state index contributed by atoms with van der Waals surface area (Å²) >= 11 is 0. The topological polar surface area (TPSA) is 122 Å². The molecular formula is C25H34N4O4. The summed E-state index contributed by atoms with van der Waals surface area (Å²) in [4.78, 5) is 54.4. The van der Waals surface area contributed by atoms with E-state index in [1.54, 1.807) is 24.3 Å². The number of hydrogen-bond acceptors (Lipinski definition) is 6. The molecule has 8 nitrogen and oxygen atoms in total. The van der Waals surface area contributed by atoms with Gasteiger partial charge >= 0.3 is 0 Å². The number of fused-ring (bicyclic) bond motifs is 1. The Morgan fingerprint density at radius 1 is 1.15 bits per heavy atom. The summed E-state index contributed by atoms with van der Waals surface area (Å²) in [5.41, 5.74) is 6.67. The average molecular weight is 455 g/mol. The number of nitrogens with one attached hydrogen (secondary N) is 2. The number of hydrogen-bond donors (Lipinski definition) is 3. The number of carbonyl (C=O) groups is 4. The first-order chi connectivity index (χ1) is 15.8. The van der Waals surface area contributed by atoms with Gasteiger partial charge < -0.3 is 21.3 Å². The molecule has 0 bridgehead atoms. The maximum atomic E-state index is 13.9. The summed E-state index contributed by atoms with van der Waals surface area (Å²) in [6.07, 6.45) is 4.61. The smallest absolute Gasteiger partial charge is 0.251 e. The number of carbonyl (C=O) groups excluding carboxylic acids is 4. The maximum Gasteiger partial charge on any atom is 0.251 e. The van der Waals surface area contributed by atoms with Crippen LogP contribution >= 0.6 is 0 Å². The lowest BCUT2D eigenvalue weighted by Gasteiger charge is -2.33. The Hall–Kier alpha value is -2.74. The van der Waals surface area contributed by atoms with Gasteiger partial charge in [0, 0.05) is 23.2 Å². The van der Waals surface area contributed by atoms with Crippen molar-refractivity contribution in [3.63, 3.8) is 0 Å². The van der Waals surface area contributed by atoms with Gasteiger partial charge in [0.25, 0.3) is 5.91 Å². The molecule has 2 aliphatic heterocycles. The number of Topliss-reactive ketones (excluding diaryl/α,β-unsaturated/α-hetero) is 2. The van der Waals surface area contributed by atoms with E-state index >= 15 is 0 Å². The molecule has 2 amide bonds. The van der Waals surface area contributed by atoms with Gasteiger partial charge in [-0.1, -0.05) is 26.7 Å². The van der Waals surface area contributed by atoms with Crippen LogP contribution in [0, 0.1) is 11.8 Å². The second kappa shape index (κ2) is 9.63. The van der Waals surface area contributed by atoms with Crippen LogP contribution in [0.2, 0.25) is 0 Å². The third-order valence-electron chi connectivity index (χ3n) is 7.19. The zero-order valence-corrected chi connectivity index (χ0v) is 19.4. The Labute approximate surface area is 194 Å². The molecule has 178 valence electrons. The molecule has 4 rings (SSSR count). The van der Waals surface area contributed by atoms with Crippen LogP contribution in [-0.2, 0) is 14.4 Å². The summed E-state index contributed by atoms with van der Waals surface area (Å²) in [7, 11) is 0. The van der Waals surface area contributed by atoms with E-state index in [4.69, 9.17) is 5.73 Å². The highest BCUT2D eigenvalue weighted by molar-refractivity contribution is 6.02. The molecule has 1 aromatic rings. The van der Waals surface area contributed by atoms with E-state index in [-0.39, 0.29) is 47.8 Å². The molecule has 1 aliphatic carbocycles. The van der Waals surface area contributed by atoms with E-state index in [0.717, 1.165) is 25.7 Å². The van der Waals surface area contributed by atoms with E-state index in [1.165, 1.54) is 4.90 Å². The van der Waals surface area contributed by atoms with Gasteiger partial charge in [0.05, 0.1) is 12.6 Å². The Morgan fingerprint density at radius 3 is 2.45 bits per heavy atom. The van der Waals surface area contributed by atoms with Crippen LogP contribution in [-0.4, -0.2) is 59.0 Å². The van der Waals surface area contributed by atoms with Crippen LogP contribution in [0.4, 0.5) is 5.69 Å². The Balaban J connectivity index is 1.59. The summed E-state index contributed by atoms with van der Waals surface area (Å²) < 4.78 is 0. The molecule has 0 spiro atoms. The van der Waals surface area contributed by atoms with Crippen molar-refractivity contribution in [1.29, 1.82) is 0 Å². The van der Waals surface area contributed by atoms with Crippen molar-refractivity contribution >= 4 is 29.1 Å². The number of likely N-dealkylation sites (tertiary alicyclic amines) is 1. The third kappa shape index (κ3) is 4.81. The second-order valence-corrected chi connectivity index (χ2v) is 10.1. The summed E-state index contributed by atoms with van der Waals surface area (Å²) in [5.74, 6) is -0.633. The molecule has 1 aromatic carbocycles. The predicted molar refractivity (Wildman–Crippen MR) is 124 cm³/mol. The molecule has 33 heavy (non-hydrogen) atoms. The van der Waals surface area contributed by atoms with Crippen LogP contribution < -0.4 is 16.4 Å². The van der Waals surface area contributed by atoms with E-state index < -0.39 is 18.1 Å². The van der Waals surface area contributed by atoms with Crippen LogP contribution in [0.25, 0.3) is 0 Å². The van der Waals surface area contributed by atoms with Crippen molar-refractivity contribution in [3.8, 4) is 0 Å². The number of anilines is 1. The molecule has 2 heterocycles. The molecule has 0 radical (unpaired) electrons. The first-order valence-corrected chi connectivity index (χ1v) is 12.0. The molecule has 2 saturated heterocycles. The van der Waals surface area contributed by atoms with Gasteiger partial charge in [0.15, 0.2) is 11.6 Å². The monoisotopic (exact) mass is 454 g/mol. The van der Waals surface area contributed by atoms with E-state index in [1.807, 2.05) is 13.8 Å². The largest absolute Gasteiger partial charge is 0.399 e. The highest BCUT2D eigenvalue weighted by atomic mass is 16.2. The van der Waals surface area contributed by atoms with Crippen molar-refractivity contribution < 1.29 is 19.2 Å². The summed E-state index contributed by atoms with van der Waals surface area (Å²) in [6, 6.07) is 4.22. The number of nitrogens with zero attached hydrogens (tertiary/aromatic N) is 1. The number of ketones is 2. The molecule has 3 fully saturated rings. The fourth-order valence-electron chi connectivity index (χ4n) is 5.56. The normalized spacial score (nSPS) is 26.0. The van der Waals surface area contributed by atoms with Crippen molar-refractivity contribution in [3.05, 3.63) is 29.8 Å². The van der Waals surface area contributed by atoms with Gasteiger partial charge in [-0.25, -0.2) is 0 Å². The molecule has 4 atom stereocenters. The zero-order valence-electron chi connectivity index (χ0n) is 19.4. The highest BCUT2D eigenvalue weighted by Gasteiger charge is 2.54. The first kappa shape index (κ1) is 23.4. The van der Waals surface area contributed by atoms with Crippen molar-refractivity contribution in [2.45, 2.75) is 76.5 Å². The SMILES string of the molecule is CC(C)CC(NC(=O)c1ccc(N)cc1)C(=O)N1C(C(=O)C2CCCC2)CC2NCC(=O)C21. The third-order valence-corrected chi connectivity index (χ3v) is 7.19. The standard InChI is InChI=1S/C25H34N4O4/c1-14(2)11-19(28-24(32)16-7-9-17(26)10-8-16)25(33)29-20(23(31)15-5-3-4-6-15)12-18-22(29)21(30)13-27-18/h7-10,14-15,18-20,22,27H,3-6,11-13,26H2,1-2H3,(H,28,32). The van der Waals surface area contributed by atoms with Crippen LogP contribution in [0.15, 0.2) is 24.3 Å². The zero-order chi connectivity index (χ0) is 23.7. The number of rotatable bonds is 7. The van der Waals surface area contributed by atoms with Gasteiger partial charge in [-0.2, -0.15) is 0 Å². The lowest BCUT2D eigenvalue weighted by molar-refractivity contribution is -0.145. The fourth-order valence-corrected chi connectivity index (χ4v) is 5.56. The Kier molecular flexibility index (Phi) is 6.83. The number of benzene rings is 1. The minimum Gasteiger partial charge on any atom is -0.399 e. The minimum atomic E-state index is -0.818. The van der Waals surface area contributed by atoms with Crippen LogP contribution in [0.1, 0.15) is 62.7 Å². The molecule has 8 heteroatoms. The lowest BCUT2D eigenvalue weighted by atomic mass is 9.94. The van der Waals surface area contributed by atoms with Crippen LogP contribution in [0.3, 0.4) is 0 Å². The second-order valence-electron chi connectivity index (χ2n) is 10.1.